The van der Waals surface area contributed by atoms with Crippen LogP contribution in [0.1, 0.15) is 59.9 Å². The molecule has 1 aromatic rings. The van der Waals surface area contributed by atoms with Crippen LogP contribution in [0.5, 0.6) is 0 Å². The van der Waals surface area contributed by atoms with Crippen LogP contribution in [0.15, 0.2) is 30.3 Å². The van der Waals surface area contributed by atoms with Crippen LogP contribution in [0.25, 0.3) is 0 Å². The molecule has 0 bridgehead atoms. The van der Waals surface area contributed by atoms with Gasteiger partial charge in [0, 0.05) is 13.1 Å². The molecule has 1 aromatic carbocycles. The molecular formula is C24H38N2O6. The van der Waals surface area contributed by atoms with Crippen molar-refractivity contribution in [3.8, 4) is 0 Å². The van der Waals surface area contributed by atoms with Gasteiger partial charge in [0.25, 0.3) is 0 Å². The molecule has 0 saturated heterocycles. The average molecular weight is 451 g/mol. The summed E-state index contributed by atoms with van der Waals surface area (Å²) < 4.78 is 16.4. The largest absolute Gasteiger partial charge is 0.445 e. The minimum absolute atomic E-state index is 0.0448. The van der Waals surface area contributed by atoms with Gasteiger partial charge < -0.3 is 19.5 Å². The molecule has 32 heavy (non-hydrogen) atoms. The molecular weight excluding hydrogens is 412 g/mol. The Morgan fingerprint density at radius 2 is 1.34 bits per heavy atom. The van der Waals surface area contributed by atoms with Gasteiger partial charge in [0.2, 0.25) is 11.8 Å². The smallest absolute Gasteiger partial charge is 0.407 e. The van der Waals surface area contributed by atoms with Crippen LogP contribution < -0.4 is 5.32 Å². The number of rotatable bonds is 11. The van der Waals surface area contributed by atoms with Gasteiger partial charge in [0.05, 0.1) is 37.3 Å². The van der Waals surface area contributed by atoms with E-state index in [2.05, 4.69) is 5.32 Å². The fourth-order valence-electron chi connectivity index (χ4n) is 2.59. The number of hydrogen-bond acceptors (Lipinski definition) is 6. The van der Waals surface area contributed by atoms with Gasteiger partial charge >= 0.3 is 6.09 Å². The highest BCUT2D eigenvalue weighted by Gasteiger charge is 2.23. The van der Waals surface area contributed by atoms with E-state index in [-0.39, 0.29) is 68.8 Å². The van der Waals surface area contributed by atoms with Crippen LogP contribution in [0.4, 0.5) is 4.79 Å². The van der Waals surface area contributed by atoms with E-state index in [1.54, 1.807) is 0 Å². The highest BCUT2D eigenvalue weighted by atomic mass is 16.5. The minimum atomic E-state index is -0.610. The molecule has 0 atom stereocenters. The van der Waals surface area contributed by atoms with Crippen LogP contribution in [0.3, 0.4) is 0 Å². The van der Waals surface area contributed by atoms with E-state index in [4.69, 9.17) is 14.2 Å². The molecule has 8 nitrogen and oxygen atoms in total. The van der Waals surface area contributed by atoms with Gasteiger partial charge in [-0.15, -0.1) is 0 Å². The second-order valence-corrected chi connectivity index (χ2v) is 9.35. The Balaban J connectivity index is 2.55. The molecule has 0 aliphatic heterocycles. The van der Waals surface area contributed by atoms with Gasteiger partial charge in [-0.2, -0.15) is 0 Å². The zero-order chi connectivity index (χ0) is 24.2. The molecule has 0 aliphatic rings. The first-order chi connectivity index (χ1) is 14.9. The van der Waals surface area contributed by atoms with Crippen LogP contribution in [0, 0.1) is 0 Å². The maximum Gasteiger partial charge on any atom is 0.407 e. The number of amides is 3. The monoisotopic (exact) mass is 450 g/mol. The summed E-state index contributed by atoms with van der Waals surface area (Å²) in [6, 6.07) is 9.31. The number of ether oxygens (including phenoxy) is 3. The summed E-state index contributed by atoms with van der Waals surface area (Å²) in [4.78, 5) is 38.4. The number of nitrogens with zero attached hydrogens (tertiary/aromatic N) is 1. The second-order valence-electron chi connectivity index (χ2n) is 9.35. The number of carbonyl (C=O) groups excluding carboxylic acids is 3. The molecule has 0 radical (unpaired) electrons. The number of imide groups is 1. The zero-order valence-electron chi connectivity index (χ0n) is 20.2. The second kappa shape index (κ2) is 13.2. The van der Waals surface area contributed by atoms with Gasteiger partial charge in [0.15, 0.2) is 0 Å². The van der Waals surface area contributed by atoms with Gasteiger partial charge in [0.1, 0.15) is 6.61 Å². The summed E-state index contributed by atoms with van der Waals surface area (Å²) in [6.45, 7) is 12.1. The van der Waals surface area contributed by atoms with E-state index in [1.165, 1.54) is 0 Å². The molecule has 0 aromatic heterocycles. The lowest BCUT2D eigenvalue weighted by molar-refractivity contribution is -0.147. The fraction of sp³-hybridized carbons (Fsp3) is 0.625. The Labute approximate surface area is 191 Å². The van der Waals surface area contributed by atoms with Gasteiger partial charge in [-0.3, -0.25) is 14.5 Å². The van der Waals surface area contributed by atoms with Crippen LogP contribution >= 0.6 is 0 Å². The van der Waals surface area contributed by atoms with E-state index >= 15 is 0 Å². The Bertz CT molecular complexity index is 690. The van der Waals surface area contributed by atoms with Crippen LogP contribution in [0.2, 0.25) is 0 Å². The number of alkyl carbamates (subject to hydrolysis) is 1. The summed E-state index contributed by atoms with van der Waals surface area (Å²) in [5.74, 6) is -0.705. The van der Waals surface area contributed by atoms with E-state index in [0.29, 0.717) is 0 Å². The first kappa shape index (κ1) is 27.6. The van der Waals surface area contributed by atoms with Crippen molar-refractivity contribution in [1.29, 1.82) is 0 Å². The standard InChI is InChI=1S/C24H38N2O6/c1-23(2,3)31-16-12-20(27)26(21(28)13-17-32-24(4,5)6)15-14-25-22(29)30-18-19-10-8-7-9-11-19/h7-11H,12-18H2,1-6H3,(H,25,29). The lowest BCUT2D eigenvalue weighted by atomic mass is 10.2. The lowest BCUT2D eigenvalue weighted by Gasteiger charge is -2.24. The number of hydrogen-bond donors (Lipinski definition) is 1. The molecule has 1 N–H and O–H groups in total. The van der Waals surface area contributed by atoms with Crippen molar-refractivity contribution in [2.75, 3.05) is 26.3 Å². The third-order valence-corrected chi connectivity index (χ3v) is 4.12. The first-order valence-electron chi connectivity index (χ1n) is 10.9. The SMILES string of the molecule is CC(C)(C)OCCC(=O)N(CCNC(=O)OCc1ccccc1)C(=O)CCOC(C)(C)C. The quantitative estimate of drug-likeness (QED) is 0.553. The number of nitrogens with one attached hydrogen (secondary N) is 1. The van der Waals surface area contributed by atoms with E-state index in [9.17, 15) is 14.4 Å². The molecule has 0 heterocycles. The highest BCUT2D eigenvalue weighted by molar-refractivity contribution is 5.95. The summed E-state index contributed by atoms with van der Waals surface area (Å²) >= 11 is 0. The maximum absolute atomic E-state index is 12.7. The molecule has 3 amide bonds. The molecule has 8 heteroatoms. The zero-order valence-corrected chi connectivity index (χ0v) is 20.2. The van der Waals surface area contributed by atoms with E-state index in [0.717, 1.165) is 10.5 Å². The third kappa shape index (κ3) is 13.1. The predicted octanol–water partition coefficient (Wildman–Crippen LogP) is 3.68. The van der Waals surface area contributed by atoms with E-state index < -0.39 is 6.09 Å². The number of carbonyl (C=O) groups is 3. The molecule has 0 fully saturated rings. The third-order valence-electron chi connectivity index (χ3n) is 4.12. The Morgan fingerprint density at radius 3 is 1.81 bits per heavy atom. The summed E-state index contributed by atoms with van der Waals surface area (Å²) in [7, 11) is 0. The fourth-order valence-corrected chi connectivity index (χ4v) is 2.59. The molecule has 1 rings (SSSR count). The van der Waals surface area contributed by atoms with Crippen molar-refractivity contribution < 1.29 is 28.6 Å². The molecule has 0 unspecified atom stereocenters. The summed E-state index contributed by atoms with van der Waals surface area (Å²) in [5, 5.41) is 2.58. The normalized spacial score (nSPS) is 11.7. The minimum Gasteiger partial charge on any atom is -0.445 e. The van der Waals surface area contributed by atoms with Crippen molar-refractivity contribution in [2.24, 2.45) is 0 Å². The molecule has 0 aliphatic carbocycles. The predicted molar refractivity (Wildman–Crippen MR) is 122 cm³/mol. The Hall–Kier alpha value is -2.45. The Kier molecular flexibility index (Phi) is 11.4. The first-order valence-corrected chi connectivity index (χ1v) is 10.9. The topological polar surface area (TPSA) is 94.2 Å². The van der Waals surface area contributed by atoms with Gasteiger partial charge in [-0.05, 0) is 47.1 Å². The van der Waals surface area contributed by atoms with Gasteiger partial charge in [-0.1, -0.05) is 30.3 Å². The molecule has 0 saturated carbocycles. The van der Waals surface area contributed by atoms with Gasteiger partial charge in [-0.25, -0.2) is 4.79 Å². The molecule has 0 spiro atoms. The van der Waals surface area contributed by atoms with Crippen LogP contribution in [-0.4, -0.2) is 60.3 Å². The number of benzene rings is 1. The average Bonchev–Trinajstić information content (AvgIpc) is 2.68. The van der Waals surface area contributed by atoms with Crippen molar-refractivity contribution in [2.45, 2.75) is 72.2 Å². The summed E-state index contributed by atoms with van der Waals surface area (Å²) in [6.07, 6.45) is -0.468. The van der Waals surface area contributed by atoms with Crippen molar-refractivity contribution in [3.05, 3.63) is 35.9 Å². The molecule has 180 valence electrons. The maximum atomic E-state index is 12.7. The summed E-state index contributed by atoms with van der Waals surface area (Å²) in [5.41, 5.74) is 0.117. The highest BCUT2D eigenvalue weighted by Crippen LogP contribution is 2.10. The van der Waals surface area contributed by atoms with Crippen LogP contribution in [-0.2, 0) is 30.4 Å². The van der Waals surface area contributed by atoms with E-state index in [1.807, 2.05) is 71.9 Å². The Morgan fingerprint density at radius 1 is 0.844 bits per heavy atom. The lowest BCUT2D eigenvalue weighted by Crippen LogP contribution is -2.43. The van der Waals surface area contributed by atoms with Crippen molar-refractivity contribution in [3.63, 3.8) is 0 Å². The van der Waals surface area contributed by atoms with Crippen molar-refractivity contribution in [1.82, 2.24) is 10.2 Å². The van der Waals surface area contributed by atoms with Crippen molar-refractivity contribution >= 4 is 17.9 Å².